The number of imide groups is 1. The summed E-state index contributed by atoms with van der Waals surface area (Å²) in [6, 6.07) is 19.3. The van der Waals surface area contributed by atoms with Crippen molar-refractivity contribution in [3.05, 3.63) is 71.8 Å². The van der Waals surface area contributed by atoms with Crippen LogP contribution in [0.15, 0.2) is 65.7 Å². The number of carbonyl (C=O) groups excluding carboxylic acids is 3. The van der Waals surface area contributed by atoms with Gasteiger partial charge in [0.2, 0.25) is 11.8 Å². The number of methoxy groups -OCH3 is 1. The molecule has 0 aliphatic carbocycles. The maximum Gasteiger partial charge on any atom is 0.490 e. The fourth-order valence-corrected chi connectivity index (χ4v) is 6.82. The molecule has 5 rings (SSSR count). The van der Waals surface area contributed by atoms with Gasteiger partial charge in [-0.15, -0.1) is 0 Å². The number of ether oxygens (including phenoxy) is 1. The van der Waals surface area contributed by atoms with E-state index in [4.69, 9.17) is 19.6 Å². The summed E-state index contributed by atoms with van der Waals surface area (Å²) in [6.45, 7) is 2.46. The van der Waals surface area contributed by atoms with Gasteiger partial charge in [0.05, 0.1) is 31.5 Å². The molecule has 3 heterocycles. The van der Waals surface area contributed by atoms with Gasteiger partial charge in [-0.2, -0.15) is 13.2 Å². The van der Waals surface area contributed by atoms with Crippen molar-refractivity contribution in [2.75, 3.05) is 20.2 Å². The van der Waals surface area contributed by atoms with E-state index in [0.717, 1.165) is 11.1 Å². The molecular formula is C28H28F3N3O6S. The second kappa shape index (κ2) is 11.9. The number of rotatable bonds is 6. The van der Waals surface area contributed by atoms with Crippen LogP contribution in [-0.2, 0) is 36.1 Å². The molecule has 13 heteroatoms. The number of hydrogen-bond acceptors (Lipinski definition) is 8. The molecule has 0 unspecified atom stereocenters. The Hall–Kier alpha value is -3.87. The Labute approximate surface area is 238 Å². The highest BCUT2D eigenvalue weighted by atomic mass is 32.2. The molecule has 2 amide bonds. The minimum absolute atomic E-state index is 0.212. The third-order valence-electron chi connectivity index (χ3n) is 7.38. The fraction of sp³-hybridized carbons (Fsp3) is 0.393. The Kier molecular flexibility index (Phi) is 8.76. The molecule has 0 aromatic heterocycles. The van der Waals surface area contributed by atoms with Crippen LogP contribution >= 0.6 is 11.8 Å². The number of amides is 2. The monoisotopic (exact) mass is 591 g/mol. The summed E-state index contributed by atoms with van der Waals surface area (Å²) in [6.07, 6.45) is -4.82. The Morgan fingerprint density at radius 1 is 1.05 bits per heavy atom. The third kappa shape index (κ3) is 5.54. The van der Waals surface area contributed by atoms with Crippen LogP contribution in [0.1, 0.15) is 18.1 Å². The van der Waals surface area contributed by atoms with Crippen molar-refractivity contribution in [3.63, 3.8) is 0 Å². The topological polar surface area (TPSA) is 117 Å². The lowest BCUT2D eigenvalue weighted by Gasteiger charge is -2.40. The first-order chi connectivity index (χ1) is 19.5. The Morgan fingerprint density at radius 2 is 1.61 bits per heavy atom. The van der Waals surface area contributed by atoms with Crippen LogP contribution in [0.5, 0.6) is 0 Å². The minimum atomic E-state index is -5.08. The standard InChI is InChI=1S/C26H27N3O4S.C2HF3O2/c1-3-28-22(30)20-19-15-27-25(34-16-18-12-8-5-9-13-18)29(19)26(24(32)33-2,21(20)23(28)31)14-17-10-6-4-7-11-17;3-2(4,5)1(6)7/h4-13,19-21H,3,14-16H2,1-2H3;(H,6,7)/t19-,20+,21-,26-;/m1./s1. The number of carboxylic acid groups (broad SMARTS) is 1. The van der Waals surface area contributed by atoms with Gasteiger partial charge in [0.1, 0.15) is 0 Å². The van der Waals surface area contributed by atoms with Crippen molar-refractivity contribution < 1.29 is 42.2 Å². The van der Waals surface area contributed by atoms with Gasteiger partial charge in [-0.3, -0.25) is 19.5 Å². The maximum atomic E-state index is 13.7. The van der Waals surface area contributed by atoms with Gasteiger partial charge in [0.25, 0.3) is 0 Å². The second-order valence-electron chi connectivity index (χ2n) is 9.64. The van der Waals surface area contributed by atoms with Gasteiger partial charge in [-0.05, 0) is 18.1 Å². The second-order valence-corrected chi connectivity index (χ2v) is 10.6. The highest BCUT2D eigenvalue weighted by molar-refractivity contribution is 8.13. The van der Waals surface area contributed by atoms with Crippen LogP contribution in [0.3, 0.4) is 0 Å². The van der Waals surface area contributed by atoms with E-state index < -0.39 is 35.5 Å². The van der Waals surface area contributed by atoms with Crippen molar-refractivity contribution in [1.82, 2.24) is 9.80 Å². The fourth-order valence-electron chi connectivity index (χ4n) is 5.73. The van der Waals surface area contributed by atoms with Crippen molar-refractivity contribution >= 4 is 40.7 Å². The first kappa shape index (κ1) is 30.1. The number of fused-ring (bicyclic) bond motifs is 3. The van der Waals surface area contributed by atoms with Crippen molar-refractivity contribution in [2.45, 2.75) is 36.9 Å². The minimum Gasteiger partial charge on any atom is -0.475 e. The van der Waals surface area contributed by atoms with E-state index in [1.807, 2.05) is 65.6 Å². The van der Waals surface area contributed by atoms with Crippen LogP contribution in [0.2, 0.25) is 0 Å². The zero-order chi connectivity index (χ0) is 29.9. The van der Waals surface area contributed by atoms with E-state index in [-0.39, 0.29) is 30.8 Å². The summed E-state index contributed by atoms with van der Waals surface area (Å²) in [5.41, 5.74) is 0.706. The smallest absolute Gasteiger partial charge is 0.475 e. The first-order valence-electron chi connectivity index (χ1n) is 12.8. The molecule has 1 N–H and O–H groups in total. The summed E-state index contributed by atoms with van der Waals surface area (Å²) in [7, 11) is 1.35. The molecule has 4 atom stereocenters. The van der Waals surface area contributed by atoms with Crippen molar-refractivity contribution in [2.24, 2.45) is 16.8 Å². The van der Waals surface area contributed by atoms with Crippen molar-refractivity contribution in [1.29, 1.82) is 0 Å². The molecule has 218 valence electrons. The predicted octanol–water partition coefficient (Wildman–Crippen LogP) is 3.38. The molecule has 3 aliphatic heterocycles. The SMILES string of the molecule is CCN1C(=O)[C@H]2[C@H]3CN=C(SCc4ccccc4)N3[C@@](Cc3ccccc3)(C(=O)OC)[C@H]2C1=O.O=C(O)C(F)(F)F. The molecule has 3 aliphatic rings. The molecule has 2 fully saturated rings. The number of hydrogen-bond donors (Lipinski definition) is 1. The largest absolute Gasteiger partial charge is 0.490 e. The van der Waals surface area contributed by atoms with Crippen LogP contribution in [0.4, 0.5) is 13.2 Å². The predicted molar refractivity (Wildman–Crippen MR) is 144 cm³/mol. The molecule has 2 aromatic carbocycles. The highest BCUT2D eigenvalue weighted by Gasteiger charge is 2.73. The number of thioether (sulfide) groups is 1. The quantitative estimate of drug-likeness (QED) is 0.402. The molecule has 2 aromatic rings. The number of carboxylic acids is 1. The van der Waals surface area contributed by atoms with E-state index in [9.17, 15) is 27.6 Å². The van der Waals surface area contributed by atoms with E-state index in [1.54, 1.807) is 6.92 Å². The van der Waals surface area contributed by atoms with Crippen LogP contribution in [0, 0.1) is 11.8 Å². The molecule has 2 saturated heterocycles. The molecule has 9 nitrogen and oxygen atoms in total. The lowest BCUT2D eigenvalue weighted by Crippen LogP contribution is -2.61. The van der Waals surface area contributed by atoms with Gasteiger partial charge in [0, 0.05) is 18.7 Å². The molecule has 41 heavy (non-hydrogen) atoms. The maximum absolute atomic E-state index is 13.7. The summed E-state index contributed by atoms with van der Waals surface area (Å²) in [5.74, 6) is -4.51. The van der Waals surface area contributed by atoms with Crippen LogP contribution in [0.25, 0.3) is 0 Å². The van der Waals surface area contributed by atoms with Gasteiger partial charge in [0.15, 0.2) is 10.7 Å². The highest BCUT2D eigenvalue weighted by Crippen LogP contribution is 2.53. The van der Waals surface area contributed by atoms with E-state index in [2.05, 4.69) is 0 Å². The number of nitrogens with zero attached hydrogens (tertiary/aromatic N) is 3. The Morgan fingerprint density at radius 3 is 2.12 bits per heavy atom. The number of aliphatic carboxylic acids is 1. The summed E-state index contributed by atoms with van der Waals surface area (Å²) in [4.78, 5) is 57.6. The number of likely N-dealkylation sites (tertiary alicyclic amines) is 1. The summed E-state index contributed by atoms with van der Waals surface area (Å²) in [5, 5.41) is 7.81. The first-order valence-corrected chi connectivity index (χ1v) is 13.7. The lowest BCUT2D eigenvalue weighted by molar-refractivity contribution is -0.192. The number of alkyl halides is 3. The number of carbonyl (C=O) groups is 4. The third-order valence-corrected chi connectivity index (χ3v) is 8.44. The number of amidine groups is 1. The van der Waals surface area contributed by atoms with Gasteiger partial charge < -0.3 is 14.7 Å². The normalized spacial score (nSPS) is 24.8. The molecule has 0 spiro atoms. The van der Waals surface area contributed by atoms with Crippen molar-refractivity contribution in [3.8, 4) is 0 Å². The Balaban J connectivity index is 0.000000493. The van der Waals surface area contributed by atoms with E-state index in [0.29, 0.717) is 17.5 Å². The zero-order valence-corrected chi connectivity index (χ0v) is 23.0. The Bertz CT molecular complexity index is 1340. The van der Waals surface area contributed by atoms with E-state index in [1.165, 1.54) is 23.8 Å². The van der Waals surface area contributed by atoms with Gasteiger partial charge >= 0.3 is 18.1 Å². The number of benzene rings is 2. The van der Waals surface area contributed by atoms with Crippen LogP contribution < -0.4 is 0 Å². The van der Waals surface area contributed by atoms with Gasteiger partial charge in [-0.1, -0.05) is 72.4 Å². The molecule has 0 bridgehead atoms. The van der Waals surface area contributed by atoms with E-state index >= 15 is 0 Å². The number of aliphatic imine (C=N–C) groups is 1. The molecule has 0 radical (unpaired) electrons. The zero-order valence-electron chi connectivity index (χ0n) is 22.2. The molecular weight excluding hydrogens is 563 g/mol. The molecule has 0 saturated carbocycles. The summed E-state index contributed by atoms with van der Waals surface area (Å²) >= 11 is 1.53. The van der Waals surface area contributed by atoms with Gasteiger partial charge in [-0.25, -0.2) is 9.59 Å². The average Bonchev–Trinajstić information content (AvgIpc) is 3.57. The number of esters is 1. The van der Waals surface area contributed by atoms with Crippen LogP contribution in [-0.4, -0.2) is 81.8 Å². The average molecular weight is 592 g/mol. The number of halogens is 3. The summed E-state index contributed by atoms with van der Waals surface area (Å²) < 4.78 is 37.1. The lowest BCUT2D eigenvalue weighted by atomic mass is 9.76.